The molecule has 1 atom stereocenters. The molecule has 1 saturated heterocycles. The maximum Gasteiger partial charge on any atom is 0.417 e. The zero-order valence-corrected chi connectivity index (χ0v) is 21.6. The van der Waals surface area contributed by atoms with Gasteiger partial charge in [0.05, 0.1) is 27.8 Å². The molecular formula is C24H25F7N4O3S. The number of thioether (sulfide) groups is 1. The van der Waals surface area contributed by atoms with Crippen molar-refractivity contribution in [3.63, 3.8) is 0 Å². The number of aliphatic hydroxyl groups is 1. The molecule has 3 rings (SSSR count). The number of likely N-dealkylation sites (N-methyl/N-ethyl adjacent to an activating group) is 1. The zero-order valence-electron chi connectivity index (χ0n) is 20.7. The van der Waals surface area contributed by atoms with Gasteiger partial charge < -0.3 is 20.2 Å². The molecule has 1 aliphatic rings. The van der Waals surface area contributed by atoms with Gasteiger partial charge >= 0.3 is 18.4 Å². The monoisotopic (exact) mass is 582 g/mol. The SMILES string of the molecule is CCN(C(=O)Sc1c(N2CCN(CC(O)CNC)C2=O)cc(C(F)(F)F)cc1C(F)(F)F)c1ccc(F)cc1. The van der Waals surface area contributed by atoms with Gasteiger partial charge in [-0.2, -0.15) is 26.3 Å². The van der Waals surface area contributed by atoms with Crippen LogP contribution in [0.1, 0.15) is 18.1 Å². The highest BCUT2D eigenvalue weighted by molar-refractivity contribution is 8.14. The number of alkyl halides is 6. The van der Waals surface area contributed by atoms with Gasteiger partial charge in [0.1, 0.15) is 5.82 Å². The van der Waals surface area contributed by atoms with Gasteiger partial charge in [0.15, 0.2) is 0 Å². The molecule has 0 aromatic heterocycles. The van der Waals surface area contributed by atoms with E-state index in [1.165, 1.54) is 19.1 Å². The molecule has 2 N–H and O–H groups in total. The van der Waals surface area contributed by atoms with Crippen molar-refractivity contribution in [2.24, 2.45) is 0 Å². The van der Waals surface area contributed by atoms with Crippen LogP contribution in [0.3, 0.4) is 0 Å². The van der Waals surface area contributed by atoms with Crippen LogP contribution >= 0.6 is 11.8 Å². The molecular weight excluding hydrogens is 557 g/mol. The van der Waals surface area contributed by atoms with Crippen LogP contribution in [0.2, 0.25) is 0 Å². The Labute approximate surface area is 223 Å². The number of nitrogens with zero attached hydrogens (tertiary/aromatic N) is 3. The van der Waals surface area contributed by atoms with E-state index >= 15 is 0 Å². The summed E-state index contributed by atoms with van der Waals surface area (Å²) in [6, 6.07) is 3.94. The van der Waals surface area contributed by atoms with Crippen molar-refractivity contribution in [2.45, 2.75) is 30.3 Å². The smallest absolute Gasteiger partial charge is 0.390 e. The number of urea groups is 1. The van der Waals surface area contributed by atoms with Crippen LogP contribution in [0.4, 0.5) is 51.7 Å². The topological polar surface area (TPSA) is 76.1 Å². The lowest BCUT2D eigenvalue weighted by Gasteiger charge is -2.27. The molecule has 2 aromatic carbocycles. The molecule has 0 radical (unpaired) electrons. The number of halogens is 7. The lowest BCUT2D eigenvalue weighted by molar-refractivity contribution is -0.144. The van der Waals surface area contributed by atoms with Crippen molar-refractivity contribution in [3.05, 3.63) is 53.3 Å². The zero-order chi connectivity index (χ0) is 29.1. The molecule has 39 heavy (non-hydrogen) atoms. The third-order valence-corrected chi connectivity index (χ3v) is 6.85. The Morgan fingerprint density at radius 1 is 1.10 bits per heavy atom. The van der Waals surface area contributed by atoms with Gasteiger partial charge in [-0.15, -0.1) is 0 Å². The lowest BCUT2D eigenvalue weighted by atomic mass is 10.1. The van der Waals surface area contributed by atoms with Crippen LogP contribution in [0, 0.1) is 5.82 Å². The Kier molecular flexibility index (Phi) is 9.39. The third-order valence-electron chi connectivity index (χ3n) is 5.82. The maximum atomic E-state index is 14.1. The van der Waals surface area contributed by atoms with Crippen molar-refractivity contribution in [1.82, 2.24) is 10.2 Å². The van der Waals surface area contributed by atoms with E-state index in [9.17, 15) is 45.4 Å². The van der Waals surface area contributed by atoms with Gasteiger partial charge in [0.2, 0.25) is 0 Å². The van der Waals surface area contributed by atoms with Crippen molar-refractivity contribution in [3.8, 4) is 0 Å². The third kappa shape index (κ3) is 7.13. The van der Waals surface area contributed by atoms with Gasteiger partial charge in [0.25, 0.3) is 5.24 Å². The van der Waals surface area contributed by atoms with Crippen LogP contribution in [0.15, 0.2) is 41.3 Å². The summed E-state index contributed by atoms with van der Waals surface area (Å²) in [6.45, 7) is 0.994. The van der Waals surface area contributed by atoms with Gasteiger partial charge in [-0.3, -0.25) is 9.69 Å². The predicted octanol–water partition coefficient (Wildman–Crippen LogP) is 5.42. The Hall–Kier alpha value is -3.04. The number of hydrogen-bond donors (Lipinski definition) is 2. The van der Waals surface area contributed by atoms with Crippen LogP contribution < -0.4 is 15.1 Å². The summed E-state index contributed by atoms with van der Waals surface area (Å²) in [5.41, 5.74) is -3.96. The number of anilines is 2. The van der Waals surface area contributed by atoms with Gasteiger partial charge in [0, 0.05) is 38.4 Å². The Balaban J connectivity index is 2.10. The molecule has 0 aliphatic carbocycles. The second-order valence-electron chi connectivity index (χ2n) is 8.55. The van der Waals surface area contributed by atoms with E-state index in [0.29, 0.717) is 6.07 Å². The van der Waals surface area contributed by atoms with Crippen molar-refractivity contribution < 1.29 is 45.4 Å². The Morgan fingerprint density at radius 3 is 2.28 bits per heavy atom. The second kappa shape index (κ2) is 12.0. The summed E-state index contributed by atoms with van der Waals surface area (Å²) in [5.74, 6) is -0.615. The van der Waals surface area contributed by atoms with Crippen molar-refractivity contribution in [1.29, 1.82) is 0 Å². The molecule has 0 spiro atoms. The van der Waals surface area contributed by atoms with Crippen LogP contribution in [-0.4, -0.2) is 67.2 Å². The number of nitrogens with one attached hydrogen (secondary N) is 1. The van der Waals surface area contributed by atoms with E-state index in [4.69, 9.17) is 0 Å². The number of β-amino-alcohol motifs (C(OH)–C–C–N with tert-alkyl or cyclic N) is 1. The number of benzene rings is 2. The highest BCUT2D eigenvalue weighted by Crippen LogP contribution is 2.47. The summed E-state index contributed by atoms with van der Waals surface area (Å²) in [5, 5.41) is 11.7. The first kappa shape index (κ1) is 30.5. The maximum absolute atomic E-state index is 14.1. The molecule has 1 heterocycles. The molecule has 2 aromatic rings. The molecule has 1 aliphatic heterocycles. The van der Waals surface area contributed by atoms with Crippen LogP contribution in [0.25, 0.3) is 0 Å². The first-order chi connectivity index (χ1) is 18.2. The summed E-state index contributed by atoms with van der Waals surface area (Å²) in [4.78, 5) is 28.2. The molecule has 3 amide bonds. The van der Waals surface area contributed by atoms with E-state index in [0.717, 1.165) is 26.8 Å². The van der Waals surface area contributed by atoms with E-state index in [1.54, 1.807) is 7.05 Å². The van der Waals surface area contributed by atoms with Gasteiger partial charge in [-0.1, -0.05) is 0 Å². The number of amides is 3. The molecule has 1 unspecified atom stereocenters. The minimum atomic E-state index is -5.31. The van der Waals surface area contributed by atoms with E-state index in [-0.39, 0.29) is 56.2 Å². The standard InChI is InChI=1S/C24H25F7N4O3S/c1-3-34(16-6-4-15(25)5-7-16)22(38)39-20-18(24(29,30)31)10-14(23(26,27)28)11-19(20)35-9-8-33(21(35)37)13-17(36)12-32-2/h4-7,10-11,17,32,36H,3,8-9,12-13H2,1-2H3. The normalized spacial score (nSPS) is 15.2. The summed E-state index contributed by atoms with van der Waals surface area (Å²) in [7, 11) is 1.55. The van der Waals surface area contributed by atoms with Gasteiger partial charge in [-0.05, 0) is 62.1 Å². The number of aliphatic hydroxyl groups excluding tert-OH is 1. The minimum absolute atomic E-state index is 0.0210. The summed E-state index contributed by atoms with van der Waals surface area (Å²) < 4.78 is 96.6. The molecule has 1 fully saturated rings. The molecule has 214 valence electrons. The number of carbonyl (C=O) groups excluding carboxylic acids is 2. The number of carbonyl (C=O) groups is 2. The Morgan fingerprint density at radius 2 is 1.74 bits per heavy atom. The van der Waals surface area contributed by atoms with Crippen LogP contribution in [-0.2, 0) is 12.4 Å². The van der Waals surface area contributed by atoms with Gasteiger partial charge in [-0.25, -0.2) is 9.18 Å². The van der Waals surface area contributed by atoms with Crippen molar-refractivity contribution >= 4 is 34.4 Å². The van der Waals surface area contributed by atoms with Crippen LogP contribution in [0.5, 0.6) is 0 Å². The number of rotatable bonds is 8. The quantitative estimate of drug-likeness (QED) is 0.321. The highest BCUT2D eigenvalue weighted by Gasteiger charge is 2.43. The molecule has 0 bridgehead atoms. The molecule has 0 saturated carbocycles. The fraction of sp³-hybridized carbons (Fsp3) is 0.417. The Bertz CT molecular complexity index is 1190. The summed E-state index contributed by atoms with van der Waals surface area (Å²) in [6.07, 6.45) is -11.5. The second-order valence-corrected chi connectivity index (χ2v) is 9.51. The van der Waals surface area contributed by atoms with E-state index in [1.807, 2.05) is 0 Å². The number of hydrogen-bond acceptors (Lipinski definition) is 5. The summed E-state index contributed by atoms with van der Waals surface area (Å²) >= 11 is 0.0210. The largest absolute Gasteiger partial charge is 0.417 e. The predicted molar refractivity (Wildman–Crippen MR) is 131 cm³/mol. The van der Waals surface area contributed by atoms with E-state index in [2.05, 4.69) is 5.32 Å². The first-order valence-corrected chi connectivity index (χ1v) is 12.5. The average Bonchev–Trinajstić information content (AvgIpc) is 3.19. The lowest BCUT2D eigenvalue weighted by Crippen LogP contribution is -2.40. The van der Waals surface area contributed by atoms with Crippen molar-refractivity contribution in [2.75, 3.05) is 49.6 Å². The highest BCUT2D eigenvalue weighted by atomic mass is 32.2. The average molecular weight is 583 g/mol. The molecule has 7 nitrogen and oxygen atoms in total. The van der Waals surface area contributed by atoms with E-state index < -0.39 is 57.3 Å². The minimum Gasteiger partial charge on any atom is -0.390 e. The molecule has 15 heteroatoms. The first-order valence-electron chi connectivity index (χ1n) is 11.6. The fourth-order valence-corrected chi connectivity index (χ4v) is 5.08. The fourth-order valence-electron chi connectivity index (χ4n) is 4.01.